The van der Waals surface area contributed by atoms with Gasteiger partial charge in [-0.3, -0.25) is 0 Å². The number of halogens is 1. The summed E-state index contributed by atoms with van der Waals surface area (Å²) in [5, 5.41) is 0.770. The molecule has 0 spiro atoms. The Balaban J connectivity index is 1.75. The third-order valence-electron chi connectivity index (χ3n) is 5.08. The van der Waals surface area contributed by atoms with Gasteiger partial charge in [0.25, 0.3) is 0 Å². The molecule has 0 fully saturated rings. The highest BCUT2D eigenvalue weighted by molar-refractivity contribution is 6.30. The van der Waals surface area contributed by atoms with Gasteiger partial charge in [0.2, 0.25) is 0 Å². The van der Waals surface area contributed by atoms with E-state index < -0.39 is 0 Å². The van der Waals surface area contributed by atoms with Gasteiger partial charge in [0.1, 0.15) is 0 Å². The van der Waals surface area contributed by atoms with Gasteiger partial charge in [-0.25, -0.2) is 0 Å². The lowest BCUT2D eigenvalue weighted by molar-refractivity contribution is 0.667. The minimum Gasteiger partial charge on any atom is -0.333 e. The van der Waals surface area contributed by atoms with E-state index in [0.717, 1.165) is 5.02 Å². The molecule has 2 heteroatoms. The van der Waals surface area contributed by atoms with E-state index in [2.05, 4.69) is 77.7 Å². The van der Waals surface area contributed by atoms with E-state index in [-0.39, 0.29) is 0 Å². The highest BCUT2D eigenvalue weighted by Gasteiger charge is 2.40. The third-order valence-corrected chi connectivity index (χ3v) is 5.33. The van der Waals surface area contributed by atoms with E-state index in [9.17, 15) is 0 Å². The van der Waals surface area contributed by atoms with Crippen molar-refractivity contribution >= 4 is 29.1 Å². The number of hydrogen-bond donors (Lipinski definition) is 0. The van der Waals surface area contributed by atoms with Crippen LogP contribution < -0.4 is 4.90 Å². The van der Waals surface area contributed by atoms with Crippen LogP contribution >= 0.6 is 11.6 Å². The number of hydrogen-bond acceptors (Lipinski definition) is 1. The number of anilines is 2. The minimum atomic E-state index is 0.296. The van der Waals surface area contributed by atoms with Gasteiger partial charge >= 0.3 is 0 Å². The van der Waals surface area contributed by atoms with Crippen LogP contribution in [0.1, 0.15) is 28.7 Å². The van der Waals surface area contributed by atoms with Crippen LogP contribution in [0, 0.1) is 0 Å². The Kier molecular flexibility index (Phi) is 3.04. The lowest BCUT2D eigenvalue weighted by Crippen LogP contribution is -2.23. The Morgan fingerprint density at radius 3 is 2.29 bits per heavy atom. The summed E-state index contributed by atoms with van der Waals surface area (Å²) in [6.07, 6.45) is 4.61. The van der Waals surface area contributed by atoms with Crippen molar-refractivity contribution in [3.63, 3.8) is 0 Å². The topological polar surface area (TPSA) is 3.24 Å². The molecule has 0 N–H and O–H groups in total. The first-order chi connectivity index (χ1) is 11.8. The molecule has 3 aromatic carbocycles. The summed E-state index contributed by atoms with van der Waals surface area (Å²) >= 11 is 6.11. The molecule has 2 aliphatic rings. The third kappa shape index (κ3) is 1.95. The van der Waals surface area contributed by atoms with Crippen LogP contribution in [-0.2, 0) is 0 Å². The van der Waals surface area contributed by atoms with Gasteiger partial charge in [-0.1, -0.05) is 66.2 Å². The summed E-state index contributed by atoms with van der Waals surface area (Å²) in [5.41, 5.74) is 6.56. The minimum absolute atomic E-state index is 0.296. The van der Waals surface area contributed by atoms with Crippen molar-refractivity contribution in [3.05, 3.63) is 101 Å². The molecule has 24 heavy (non-hydrogen) atoms. The number of nitrogens with zero attached hydrogens (tertiary/aromatic N) is 1. The maximum absolute atomic E-state index is 6.11. The predicted octanol–water partition coefficient (Wildman–Crippen LogP) is 6.34. The average molecular weight is 330 g/mol. The number of benzene rings is 3. The zero-order valence-corrected chi connectivity index (χ0v) is 13.8. The first-order valence-electron chi connectivity index (χ1n) is 8.24. The Hall–Kier alpha value is -2.51. The van der Waals surface area contributed by atoms with Crippen LogP contribution in [0.15, 0.2) is 78.9 Å². The predicted molar refractivity (Wildman–Crippen MR) is 101 cm³/mol. The molecule has 2 atom stereocenters. The van der Waals surface area contributed by atoms with Crippen molar-refractivity contribution in [1.82, 2.24) is 0 Å². The highest BCUT2D eigenvalue weighted by Crippen LogP contribution is 2.55. The summed E-state index contributed by atoms with van der Waals surface area (Å²) in [6.45, 7) is 0. The highest BCUT2D eigenvalue weighted by atomic mass is 35.5. The van der Waals surface area contributed by atoms with Crippen molar-refractivity contribution in [2.45, 2.75) is 12.0 Å². The van der Waals surface area contributed by atoms with Gasteiger partial charge in [0.15, 0.2) is 0 Å². The summed E-state index contributed by atoms with van der Waals surface area (Å²) < 4.78 is 0. The molecule has 0 aromatic heterocycles. The lowest BCUT2D eigenvalue weighted by atomic mass is 9.83. The first-order valence-corrected chi connectivity index (χ1v) is 8.61. The maximum atomic E-state index is 6.11. The summed E-state index contributed by atoms with van der Waals surface area (Å²) in [7, 11) is 0. The normalized spacial score (nSPS) is 20.5. The molecule has 1 nitrogen and oxygen atoms in total. The largest absolute Gasteiger partial charge is 0.333 e. The molecule has 116 valence electrons. The van der Waals surface area contributed by atoms with Gasteiger partial charge in [-0.2, -0.15) is 0 Å². The molecule has 0 saturated heterocycles. The van der Waals surface area contributed by atoms with Gasteiger partial charge in [0.05, 0.1) is 6.04 Å². The van der Waals surface area contributed by atoms with E-state index in [4.69, 9.17) is 11.6 Å². The molecule has 0 saturated carbocycles. The van der Waals surface area contributed by atoms with E-state index >= 15 is 0 Å². The van der Waals surface area contributed by atoms with Crippen LogP contribution in [0.2, 0.25) is 5.02 Å². The Morgan fingerprint density at radius 2 is 1.46 bits per heavy atom. The number of rotatable bonds is 1. The molecular weight excluding hydrogens is 314 g/mol. The van der Waals surface area contributed by atoms with Gasteiger partial charge < -0.3 is 4.90 Å². The van der Waals surface area contributed by atoms with E-state index in [1.54, 1.807) is 0 Å². The molecule has 0 amide bonds. The molecule has 0 radical (unpaired) electrons. The molecule has 2 unspecified atom stereocenters. The van der Waals surface area contributed by atoms with Crippen molar-refractivity contribution in [3.8, 4) is 0 Å². The van der Waals surface area contributed by atoms with Gasteiger partial charge in [-0.05, 0) is 47.0 Å². The van der Waals surface area contributed by atoms with Crippen LogP contribution in [0.3, 0.4) is 0 Å². The van der Waals surface area contributed by atoms with Crippen molar-refractivity contribution in [1.29, 1.82) is 0 Å². The summed E-state index contributed by atoms with van der Waals surface area (Å²) in [4.78, 5) is 2.46. The quantitative estimate of drug-likeness (QED) is 0.503. The molecule has 1 aliphatic heterocycles. The Labute approximate surface area is 146 Å². The van der Waals surface area contributed by atoms with Gasteiger partial charge in [-0.15, -0.1) is 0 Å². The number of fused-ring (bicyclic) bond motifs is 5. The lowest BCUT2D eigenvalue weighted by Gasteiger charge is -2.33. The van der Waals surface area contributed by atoms with Crippen molar-refractivity contribution < 1.29 is 0 Å². The summed E-state index contributed by atoms with van der Waals surface area (Å²) in [6, 6.07) is 25.9. The molecule has 1 heterocycles. The fraction of sp³-hybridized carbons (Fsp3) is 0.0909. The second-order valence-electron chi connectivity index (χ2n) is 6.36. The molecular formula is C22H16ClN. The van der Waals surface area contributed by atoms with E-state index in [1.165, 1.54) is 28.1 Å². The van der Waals surface area contributed by atoms with E-state index in [1.807, 2.05) is 12.1 Å². The Morgan fingerprint density at radius 1 is 0.750 bits per heavy atom. The second-order valence-corrected chi connectivity index (χ2v) is 6.80. The Bertz CT molecular complexity index is 942. The molecule has 5 rings (SSSR count). The fourth-order valence-electron chi connectivity index (χ4n) is 4.05. The van der Waals surface area contributed by atoms with E-state index in [0.29, 0.717) is 12.0 Å². The second kappa shape index (κ2) is 5.25. The molecule has 1 aliphatic carbocycles. The SMILES string of the molecule is Clc1ccc(N2c3ccccc3C3C=Cc4ccccc4C32)cc1. The fourth-order valence-corrected chi connectivity index (χ4v) is 4.18. The average Bonchev–Trinajstić information content (AvgIpc) is 2.97. The van der Waals surface area contributed by atoms with Crippen LogP contribution in [-0.4, -0.2) is 0 Å². The first kappa shape index (κ1) is 13.9. The van der Waals surface area contributed by atoms with Crippen LogP contribution in [0.5, 0.6) is 0 Å². The zero-order chi connectivity index (χ0) is 16.1. The van der Waals surface area contributed by atoms with Crippen LogP contribution in [0.4, 0.5) is 11.4 Å². The number of para-hydroxylation sites is 1. The zero-order valence-electron chi connectivity index (χ0n) is 13.1. The van der Waals surface area contributed by atoms with Crippen LogP contribution in [0.25, 0.3) is 6.08 Å². The monoisotopic (exact) mass is 329 g/mol. The molecule has 0 bridgehead atoms. The molecule has 3 aromatic rings. The van der Waals surface area contributed by atoms with Crippen molar-refractivity contribution in [2.75, 3.05) is 4.90 Å². The standard InChI is InChI=1S/C22H16ClN/c23-16-10-12-17(13-11-16)24-21-8-4-3-7-19(21)20-14-9-15-5-1-2-6-18(15)22(20)24/h1-14,20,22H. The smallest absolute Gasteiger partial charge is 0.0701 e. The maximum Gasteiger partial charge on any atom is 0.0701 e. The van der Waals surface area contributed by atoms with Crippen molar-refractivity contribution in [2.24, 2.45) is 0 Å². The summed E-state index contributed by atoms with van der Waals surface area (Å²) in [5.74, 6) is 0.381. The van der Waals surface area contributed by atoms with Gasteiger partial charge in [0, 0.05) is 22.3 Å².